The van der Waals surface area contributed by atoms with E-state index >= 15 is 0 Å². The largest absolute Gasteiger partial charge is 0.305 e. The van der Waals surface area contributed by atoms with Crippen molar-refractivity contribution in [2.75, 3.05) is 0 Å². The van der Waals surface area contributed by atoms with Crippen LogP contribution in [0.4, 0.5) is 0 Å². The lowest BCUT2D eigenvalue weighted by atomic mass is 10.1. The van der Waals surface area contributed by atoms with Crippen LogP contribution in [0.1, 0.15) is 23.4 Å². The molecule has 2 nitrogen and oxygen atoms in total. The third-order valence-corrected chi connectivity index (χ3v) is 4.72. The Kier molecular flexibility index (Phi) is 3.41. The minimum absolute atomic E-state index is 0.325. The van der Waals surface area contributed by atoms with Crippen molar-refractivity contribution >= 4 is 32.9 Å². The molecule has 0 spiro atoms. The van der Waals surface area contributed by atoms with Gasteiger partial charge in [0.25, 0.3) is 0 Å². The molecule has 3 aromatic heterocycles. The van der Waals surface area contributed by atoms with Crippen LogP contribution in [0.5, 0.6) is 0 Å². The fourth-order valence-electron chi connectivity index (χ4n) is 1.88. The molecule has 1 atom stereocenters. The van der Waals surface area contributed by atoms with Crippen molar-refractivity contribution in [2.24, 2.45) is 0 Å². The standard InChI is InChI=1S/C14H14N2S2/c1-10(15-9-12-3-2-5-17-12)11-7-14-13(16-8-11)4-6-18-14/h2-8,10,15H,9H2,1H3. The van der Waals surface area contributed by atoms with Crippen LogP contribution < -0.4 is 5.32 Å². The van der Waals surface area contributed by atoms with E-state index in [0.29, 0.717) is 6.04 Å². The topological polar surface area (TPSA) is 24.9 Å². The molecule has 0 aliphatic carbocycles. The molecule has 0 radical (unpaired) electrons. The second-order valence-electron chi connectivity index (χ2n) is 4.25. The molecule has 18 heavy (non-hydrogen) atoms. The Bertz CT molecular complexity index is 628. The van der Waals surface area contributed by atoms with Gasteiger partial charge >= 0.3 is 0 Å². The van der Waals surface area contributed by atoms with E-state index < -0.39 is 0 Å². The average molecular weight is 274 g/mol. The minimum Gasteiger partial charge on any atom is -0.305 e. The Morgan fingerprint density at radius 1 is 1.28 bits per heavy atom. The molecule has 0 amide bonds. The summed E-state index contributed by atoms with van der Waals surface area (Å²) in [7, 11) is 0. The normalized spacial score (nSPS) is 12.9. The molecule has 92 valence electrons. The van der Waals surface area contributed by atoms with Crippen molar-refractivity contribution < 1.29 is 0 Å². The first kappa shape index (κ1) is 11.8. The van der Waals surface area contributed by atoms with Crippen molar-refractivity contribution in [2.45, 2.75) is 19.5 Å². The zero-order valence-electron chi connectivity index (χ0n) is 10.1. The van der Waals surface area contributed by atoms with E-state index in [1.165, 1.54) is 15.1 Å². The monoisotopic (exact) mass is 274 g/mol. The third-order valence-electron chi connectivity index (χ3n) is 2.99. The first-order valence-corrected chi connectivity index (χ1v) is 7.68. The Morgan fingerprint density at radius 2 is 2.22 bits per heavy atom. The van der Waals surface area contributed by atoms with Gasteiger partial charge in [-0.3, -0.25) is 4.98 Å². The zero-order valence-corrected chi connectivity index (χ0v) is 11.7. The molecule has 0 aliphatic heterocycles. The fourth-order valence-corrected chi connectivity index (χ4v) is 3.33. The highest BCUT2D eigenvalue weighted by atomic mass is 32.1. The van der Waals surface area contributed by atoms with Gasteiger partial charge < -0.3 is 5.32 Å². The van der Waals surface area contributed by atoms with E-state index in [1.807, 2.05) is 6.20 Å². The lowest BCUT2D eigenvalue weighted by Gasteiger charge is -2.13. The van der Waals surface area contributed by atoms with E-state index in [2.05, 4.69) is 52.3 Å². The number of nitrogens with one attached hydrogen (secondary N) is 1. The molecular formula is C14H14N2S2. The van der Waals surface area contributed by atoms with Crippen molar-refractivity contribution in [3.05, 3.63) is 51.7 Å². The molecule has 3 rings (SSSR count). The van der Waals surface area contributed by atoms with Gasteiger partial charge in [-0.2, -0.15) is 0 Å². The van der Waals surface area contributed by atoms with Gasteiger partial charge in [0, 0.05) is 23.7 Å². The number of nitrogens with zero attached hydrogens (tertiary/aromatic N) is 1. The fraction of sp³-hybridized carbons (Fsp3) is 0.214. The number of fused-ring (bicyclic) bond motifs is 1. The van der Waals surface area contributed by atoms with Gasteiger partial charge in [-0.1, -0.05) is 6.07 Å². The maximum Gasteiger partial charge on any atom is 0.0809 e. The predicted octanol–water partition coefficient (Wildman–Crippen LogP) is 4.21. The summed E-state index contributed by atoms with van der Waals surface area (Å²) in [5.41, 5.74) is 2.34. The number of thiophene rings is 2. The number of rotatable bonds is 4. The van der Waals surface area contributed by atoms with Gasteiger partial charge in [0.1, 0.15) is 0 Å². The molecule has 4 heteroatoms. The molecular weight excluding hydrogens is 260 g/mol. The molecule has 0 aromatic carbocycles. The van der Waals surface area contributed by atoms with E-state index in [4.69, 9.17) is 0 Å². The summed E-state index contributed by atoms with van der Waals surface area (Å²) in [6.45, 7) is 3.10. The van der Waals surface area contributed by atoms with Gasteiger partial charge in [0.2, 0.25) is 0 Å². The highest BCUT2D eigenvalue weighted by molar-refractivity contribution is 7.17. The molecule has 3 aromatic rings. The van der Waals surface area contributed by atoms with E-state index in [9.17, 15) is 0 Å². The summed E-state index contributed by atoms with van der Waals surface area (Å²) in [6, 6.07) is 8.87. The van der Waals surface area contributed by atoms with Gasteiger partial charge in [-0.15, -0.1) is 22.7 Å². The summed E-state index contributed by atoms with van der Waals surface area (Å²) in [4.78, 5) is 5.85. The molecule has 0 saturated heterocycles. The predicted molar refractivity (Wildman–Crippen MR) is 79.2 cm³/mol. The number of hydrogen-bond donors (Lipinski definition) is 1. The Labute approximate surface area is 114 Å². The van der Waals surface area contributed by atoms with Gasteiger partial charge in [-0.25, -0.2) is 0 Å². The van der Waals surface area contributed by atoms with Crippen molar-refractivity contribution in [3.8, 4) is 0 Å². The van der Waals surface area contributed by atoms with Gasteiger partial charge in [0.05, 0.1) is 10.2 Å². The number of hydrogen-bond acceptors (Lipinski definition) is 4. The highest BCUT2D eigenvalue weighted by Crippen LogP contribution is 2.23. The van der Waals surface area contributed by atoms with E-state index in [1.54, 1.807) is 22.7 Å². The zero-order chi connectivity index (χ0) is 12.4. The van der Waals surface area contributed by atoms with Gasteiger partial charge in [-0.05, 0) is 41.4 Å². The summed E-state index contributed by atoms with van der Waals surface area (Å²) in [5.74, 6) is 0. The first-order valence-electron chi connectivity index (χ1n) is 5.92. The van der Waals surface area contributed by atoms with E-state index in [0.717, 1.165) is 12.1 Å². The molecule has 3 heterocycles. The van der Waals surface area contributed by atoms with Crippen molar-refractivity contribution in [1.29, 1.82) is 0 Å². The van der Waals surface area contributed by atoms with Crippen LogP contribution >= 0.6 is 22.7 Å². The second-order valence-corrected chi connectivity index (χ2v) is 6.23. The van der Waals surface area contributed by atoms with Crippen LogP contribution in [-0.2, 0) is 6.54 Å². The SMILES string of the molecule is CC(NCc1cccs1)c1cnc2ccsc2c1. The number of aromatic nitrogens is 1. The molecule has 1 unspecified atom stereocenters. The first-order chi connectivity index (χ1) is 8.83. The minimum atomic E-state index is 0.325. The lowest BCUT2D eigenvalue weighted by Crippen LogP contribution is -2.17. The van der Waals surface area contributed by atoms with Crippen LogP contribution in [0.15, 0.2) is 41.2 Å². The van der Waals surface area contributed by atoms with Crippen LogP contribution in [0.3, 0.4) is 0 Å². The maximum atomic E-state index is 4.48. The maximum absolute atomic E-state index is 4.48. The highest BCUT2D eigenvalue weighted by Gasteiger charge is 2.07. The van der Waals surface area contributed by atoms with Crippen LogP contribution in [0.25, 0.3) is 10.2 Å². The van der Waals surface area contributed by atoms with Crippen LogP contribution in [-0.4, -0.2) is 4.98 Å². The summed E-state index contributed by atoms with van der Waals surface area (Å²) in [6.07, 6.45) is 1.97. The molecule has 0 aliphatic rings. The van der Waals surface area contributed by atoms with Crippen LogP contribution in [0.2, 0.25) is 0 Å². The van der Waals surface area contributed by atoms with Crippen molar-refractivity contribution in [3.63, 3.8) is 0 Å². The quantitative estimate of drug-likeness (QED) is 0.771. The Hall–Kier alpha value is -1.23. The molecule has 1 N–H and O–H groups in total. The Morgan fingerprint density at radius 3 is 3.06 bits per heavy atom. The summed E-state index contributed by atoms with van der Waals surface area (Å²) in [5, 5.41) is 7.73. The van der Waals surface area contributed by atoms with Crippen LogP contribution in [0, 0.1) is 0 Å². The average Bonchev–Trinajstić information content (AvgIpc) is 3.05. The Balaban J connectivity index is 1.72. The molecule has 0 saturated carbocycles. The summed E-state index contributed by atoms with van der Waals surface area (Å²) >= 11 is 3.53. The van der Waals surface area contributed by atoms with E-state index in [-0.39, 0.29) is 0 Å². The summed E-state index contributed by atoms with van der Waals surface area (Å²) < 4.78 is 1.26. The lowest BCUT2D eigenvalue weighted by molar-refractivity contribution is 0.578. The smallest absolute Gasteiger partial charge is 0.0809 e. The second kappa shape index (κ2) is 5.18. The third kappa shape index (κ3) is 2.46. The molecule has 0 bridgehead atoms. The number of pyridine rings is 1. The van der Waals surface area contributed by atoms with Gasteiger partial charge in [0.15, 0.2) is 0 Å². The molecule has 0 fully saturated rings. The van der Waals surface area contributed by atoms with Crippen molar-refractivity contribution in [1.82, 2.24) is 10.3 Å².